The molecule has 0 saturated heterocycles. The summed E-state index contributed by atoms with van der Waals surface area (Å²) in [5.41, 5.74) is 1.07. The lowest BCUT2D eigenvalue weighted by Crippen LogP contribution is -2.25. The lowest BCUT2D eigenvalue weighted by Gasteiger charge is -2.15. The highest BCUT2D eigenvalue weighted by molar-refractivity contribution is 7.93. The van der Waals surface area contributed by atoms with Gasteiger partial charge in [-0.1, -0.05) is 26.3 Å². The van der Waals surface area contributed by atoms with Crippen LogP contribution in [0.25, 0.3) is 0 Å². The lowest BCUT2D eigenvalue weighted by molar-refractivity contribution is 0.590. The molecular weight excluding hydrogens is 210 g/mol. The summed E-state index contributed by atoms with van der Waals surface area (Å²) in [4.78, 5) is 0.498. The first-order valence-electron chi connectivity index (χ1n) is 5.50. The highest BCUT2D eigenvalue weighted by Gasteiger charge is 2.19. The van der Waals surface area contributed by atoms with E-state index in [1.54, 1.807) is 13.0 Å². The van der Waals surface area contributed by atoms with E-state index >= 15 is 0 Å². The third-order valence-corrected chi connectivity index (χ3v) is 4.08. The molecule has 3 nitrogen and oxygen atoms in total. The highest BCUT2D eigenvalue weighted by atomic mass is 32.2. The second-order valence-corrected chi connectivity index (χ2v) is 5.40. The molecule has 0 atom stereocenters. The summed E-state index contributed by atoms with van der Waals surface area (Å²) in [5.74, 6) is 0. The molecule has 1 aliphatic carbocycles. The van der Waals surface area contributed by atoms with Crippen LogP contribution in [-0.2, 0) is 10.0 Å². The molecule has 4 heteroatoms. The third-order valence-electron chi connectivity index (χ3n) is 2.41. The van der Waals surface area contributed by atoms with Crippen LogP contribution in [0.1, 0.15) is 39.5 Å². The Hall–Kier alpha value is -0.610. The molecule has 1 aliphatic rings. The van der Waals surface area contributed by atoms with Crippen molar-refractivity contribution < 1.29 is 8.42 Å². The second kappa shape index (κ2) is 5.47. The predicted octanol–water partition coefficient (Wildman–Crippen LogP) is 2.33. The maximum absolute atomic E-state index is 11.9. The Bertz CT molecular complexity index is 366. The Morgan fingerprint density at radius 3 is 2.73 bits per heavy atom. The van der Waals surface area contributed by atoms with Crippen molar-refractivity contribution in [1.82, 2.24) is 4.72 Å². The zero-order valence-electron chi connectivity index (χ0n) is 9.41. The molecule has 0 fully saturated rings. The third kappa shape index (κ3) is 3.18. The van der Waals surface area contributed by atoms with E-state index in [4.69, 9.17) is 0 Å². The van der Waals surface area contributed by atoms with Crippen molar-refractivity contribution in [2.45, 2.75) is 39.5 Å². The Morgan fingerprint density at radius 2 is 2.13 bits per heavy atom. The van der Waals surface area contributed by atoms with Gasteiger partial charge in [0, 0.05) is 6.54 Å². The number of hydrogen-bond donors (Lipinski definition) is 1. The Kier molecular flexibility index (Phi) is 4.54. The Labute approximate surface area is 92.3 Å². The zero-order chi connectivity index (χ0) is 11.3. The Morgan fingerprint density at radius 1 is 1.40 bits per heavy atom. The molecule has 0 aromatic carbocycles. The molecule has 86 valence electrons. The first-order chi connectivity index (χ1) is 7.11. The van der Waals surface area contributed by atoms with Crippen LogP contribution >= 0.6 is 0 Å². The van der Waals surface area contributed by atoms with Crippen molar-refractivity contribution in [1.29, 1.82) is 0 Å². The predicted molar refractivity (Wildman–Crippen MR) is 62.9 cm³/mol. The molecule has 0 spiro atoms. The summed E-state index contributed by atoms with van der Waals surface area (Å²) in [5, 5.41) is 0. The summed E-state index contributed by atoms with van der Waals surface area (Å²) >= 11 is 0. The lowest BCUT2D eigenvalue weighted by atomic mass is 10.0. The molecule has 1 rings (SSSR count). The quantitative estimate of drug-likeness (QED) is 0.786. The SMILES string of the molecule is CCCC1=C(S(=O)(=O)NCC)C=CCC1. The molecule has 0 aromatic rings. The monoisotopic (exact) mass is 229 g/mol. The minimum Gasteiger partial charge on any atom is -0.211 e. The van der Waals surface area contributed by atoms with Crippen LogP contribution in [-0.4, -0.2) is 15.0 Å². The molecule has 0 saturated carbocycles. The van der Waals surface area contributed by atoms with Gasteiger partial charge in [0.2, 0.25) is 10.0 Å². The van der Waals surface area contributed by atoms with E-state index in [0.29, 0.717) is 11.4 Å². The molecule has 0 aromatic heterocycles. The van der Waals surface area contributed by atoms with E-state index in [1.807, 2.05) is 6.08 Å². The molecule has 0 amide bonds. The van der Waals surface area contributed by atoms with Gasteiger partial charge in [-0.2, -0.15) is 0 Å². The maximum atomic E-state index is 11.9. The smallest absolute Gasteiger partial charge is 0.211 e. The van der Waals surface area contributed by atoms with Crippen LogP contribution in [0.2, 0.25) is 0 Å². The molecule has 0 unspecified atom stereocenters. The van der Waals surface area contributed by atoms with Crippen LogP contribution in [0.5, 0.6) is 0 Å². The van der Waals surface area contributed by atoms with Gasteiger partial charge in [0.15, 0.2) is 0 Å². The molecule has 0 aliphatic heterocycles. The van der Waals surface area contributed by atoms with Crippen LogP contribution in [0.4, 0.5) is 0 Å². The summed E-state index contributed by atoms with van der Waals surface area (Å²) in [6.45, 7) is 4.31. The topological polar surface area (TPSA) is 46.2 Å². The summed E-state index contributed by atoms with van der Waals surface area (Å²) in [6.07, 6.45) is 7.39. The van der Waals surface area contributed by atoms with E-state index in [9.17, 15) is 8.42 Å². The van der Waals surface area contributed by atoms with Crippen molar-refractivity contribution in [3.8, 4) is 0 Å². The first-order valence-corrected chi connectivity index (χ1v) is 6.98. The van der Waals surface area contributed by atoms with Crippen LogP contribution in [0, 0.1) is 0 Å². The van der Waals surface area contributed by atoms with E-state index in [2.05, 4.69) is 11.6 Å². The number of hydrogen-bond acceptors (Lipinski definition) is 2. The summed E-state index contributed by atoms with van der Waals surface area (Å²) in [6, 6.07) is 0. The van der Waals surface area contributed by atoms with E-state index in [1.165, 1.54) is 0 Å². The number of allylic oxidation sites excluding steroid dienone is 3. The van der Waals surface area contributed by atoms with Crippen molar-refractivity contribution in [3.05, 3.63) is 22.6 Å². The Balaban J connectivity index is 3.02. The van der Waals surface area contributed by atoms with Crippen molar-refractivity contribution in [3.63, 3.8) is 0 Å². The average Bonchev–Trinajstić information content (AvgIpc) is 2.19. The molecule has 15 heavy (non-hydrogen) atoms. The fourth-order valence-corrected chi connectivity index (χ4v) is 3.18. The molecule has 1 N–H and O–H groups in total. The fraction of sp³-hybridized carbons (Fsp3) is 0.636. The van der Waals surface area contributed by atoms with Gasteiger partial charge in [0.25, 0.3) is 0 Å². The van der Waals surface area contributed by atoms with Gasteiger partial charge >= 0.3 is 0 Å². The van der Waals surface area contributed by atoms with E-state index < -0.39 is 10.0 Å². The standard InChI is InChI=1S/C11H19NO2S/c1-3-7-10-8-5-6-9-11(10)15(13,14)12-4-2/h6,9,12H,3-5,7-8H2,1-2H3. The van der Waals surface area contributed by atoms with Gasteiger partial charge in [-0.25, -0.2) is 13.1 Å². The molecule has 0 radical (unpaired) electrons. The molecular formula is C11H19NO2S. The van der Waals surface area contributed by atoms with E-state index in [0.717, 1.165) is 31.3 Å². The first kappa shape index (κ1) is 12.5. The van der Waals surface area contributed by atoms with Crippen molar-refractivity contribution in [2.24, 2.45) is 0 Å². The van der Waals surface area contributed by atoms with Gasteiger partial charge in [-0.3, -0.25) is 0 Å². The van der Waals surface area contributed by atoms with E-state index in [-0.39, 0.29) is 0 Å². The van der Waals surface area contributed by atoms with Crippen LogP contribution < -0.4 is 4.72 Å². The van der Waals surface area contributed by atoms with Crippen LogP contribution in [0.15, 0.2) is 22.6 Å². The van der Waals surface area contributed by atoms with Crippen molar-refractivity contribution in [2.75, 3.05) is 6.54 Å². The summed E-state index contributed by atoms with van der Waals surface area (Å²) < 4.78 is 26.2. The largest absolute Gasteiger partial charge is 0.240 e. The van der Waals surface area contributed by atoms with Gasteiger partial charge in [-0.05, 0) is 30.9 Å². The number of rotatable bonds is 5. The van der Waals surface area contributed by atoms with Gasteiger partial charge in [-0.15, -0.1) is 0 Å². The molecule has 0 heterocycles. The average molecular weight is 229 g/mol. The maximum Gasteiger partial charge on any atom is 0.240 e. The zero-order valence-corrected chi connectivity index (χ0v) is 10.2. The highest BCUT2D eigenvalue weighted by Crippen LogP contribution is 2.26. The fourth-order valence-electron chi connectivity index (χ4n) is 1.79. The van der Waals surface area contributed by atoms with Gasteiger partial charge in [0.1, 0.15) is 0 Å². The van der Waals surface area contributed by atoms with Gasteiger partial charge < -0.3 is 0 Å². The van der Waals surface area contributed by atoms with Crippen LogP contribution in [0.3, 0.4) is 0 Å². The minimum absolute atomic E-state index is 0.444. The number of nitrogens with one attached hydrogen (secondary N) is 1. The number of sulfonamides is 1. The normalized spacial score (nSPS) is 17.2. The molecule has 0 bridgehead atoms. The van der Waals surface area contributed by atoms with Crippen molar-refractivity contribution >= 4 is 10.0 Å². The van der Waals surface area contributed by atoms with Gasteiger partial charge in [0.05, 0.1) is 4.91 Å². The summed E-state index contributed by atoms with van der Waals surface area (Å²) in [7, 11) is -3.26. The second-order valence-electron chi connectivity index (χ2n) is 3.66. The minimum atomic E-state index is -3.26.